The largest absolute Gasteiger partial charge is 0.454 e. The third-order valence-electron chi connectivity index (χ3n) is 8.46. The molecule has 8 heteroatoms. The average molecular weight is 525 g/mol. The standard InChI is InChI=1S/C28H34N3O3S2/c1-28(26-8-5-15-36-26,30-11-16-35-17-12-30)27(32)33-25-20-31(13-9-22(25)10-14-31)19-23-18-24(29-34-23)21-6-3-2-4-7-21/h2-8,15,18,22,25H,9-14,16-17,19-20H2,1H3/q+1/t22?,25-,28?,31?/m0/s1. The minimum absolute atomic E-state index is 0.0463. The zero-order valence-corrected chi connectivity index (χ0v) is 22.4. The van der Waals surface area contributed by atoms with Crippen molar-refractivity contribution in [3.63, 3.8) is 0 Å². The van der Waals surface area contributed by atoms with Gasteiger partial charge in [-0.15, -0.1) is 11.3 Å². The van der Waals surface area contributed by atoms with Gasteiger partial charge in [-0.2, -0.15) is 11.8 Å². The fourth-order valence-electron chi connectivity index (χ4n) is 6.24. The van der Waals surface area contributed by atoms with Gasteiger partial charge in [0.05, 0.1) is 13.1 Å². The molecule has 1 unspecified atom stereocenters. The Hall–Kier alpha value is -2.13. The van der Waals surface area contributed by atoms with E-state index >= 15 is 0 Å². The number of thiophene rings is 1. The Labute approximate surface area is 221 Å². The highest BCUT2D eigenvalue weighted by molar-refractivity contribution is 7.99. The molecule has 4 aliphatic heterocycles. The maximum Gasteiger partial charge on any atom is 0.332 e. The second-order valence-electron chi connectivity index (χ2n) is 10.6. The summed E-state index contributed by atoms with van der Waals surface area (Å²) in [5.41, 5.74) is 1.23. The van der Waals surface area contributed by atoms with E-state index in [1.807, 2.05) is 36.0 Å². The van der Waals surface area contributed by atoms with Crippen LogP contribution in [0.1, 0.15) is 30.4 Å². The van der Waals surface area contributed by atoms with Gasteiger partial charge in [-0.1, -0.05) is 41.6 Å². The average Bonchev–Trinajstić information content (AvgIpc) is 3.63. The van der Waals surface area contributed by atoms with Gasteiger partial charge in [0.25, 0.3) is 0 Å². The predicted octanol–water partition coefficient (Wildman–Crippen LogP) is 5.02. The molecule has 1 aromatic carbocycles. The van der Waals surface area contributed by atoms with Gasteiger partial charge >= 0.3 is 5.97 Å². The summed E-state index contributed by atoms with van der Waals surface area (Å²) >= 11 is 3.62. The molecule has 0 spiro atoms. The number of hydrogen-bond donors (Lipinski definition) is 0. The highest BCUT2D eigenvalue weighted by Gasteiger charge is 2.51. The first-order valence-corrected chi connectivity index (χ1v) is 15.0. The molecule has 6 nitrogen and oxygen atoms in total. The van der Waals surface area contributed by atoms with Crippen LogP contribution in [0, 0.1) is 5.92 Å². The van der Waals surface area contributed by atoms with E-state index < -0.39 is 5.54 Å². The SMILES string of the molecule is CC(C(=O)O[C@H]1C[N+]2(Cc3cc(-c4ccccc4)no3)CCC1CC2)(c1cccs1)N1CCSCC1. The third kappa shape index (κ3) is 4.53. The number of rotatable bonds is 7. The molecule has 3 aromatic rings. The molecule has 36 heavy (non-hydrogen) atoms. The van der Waals surface area contributed by atoms with Crippen LogP contribution in [0.4, 0.5) is 0 Å². The van der Waals surface area contributed by atoms with E-state index in [4.69, 9.17) is 9.26 Å². The minimum atomic E-state index is -0.721. The molecular formula is C28H34N3O3S2+. The Morgan fingerprint density at radius 2 is 1.94 bits per heavy atom. The molecule has 4 saturated heterocycles. The van der Waals surface area contributed by atoms with Crippen LogP contribution >= 0.6 is 23.1 Å². The van der Waals surface area contributed by atoms with Gasteiger partial charge in [0.1, 0.15) is 18.8 Å². The normalized spacial score (nSPS) is 28.0. The van der Waals surface area contributed by atoms with Crippen molar-refractivity contribution in [2.45, 2.75) is 38.0 Å². The number of quaternary nitrogens is 1. The number of thioether (sulfide) groups is 1. The van der Waals surface area contributed by atoms with Crippen LogP contribution in [0.2, 0.25) is 0 Å². The van der Waals surface area contributed by atoms with E-state index in [0.717, 1.165) is 90.0 Å². The molecule has 2 bridgehead atoms. The maximum absolute atomic E-state index is 13.9. The summed E-state index contributed by atoms with van der Waals surface area (Å²) in [6.45, 7) is 7.76. The van der Waals surface area contributed by atoms with Gasteiger partial charge in [-0.25, -0.2) is 4.79 Å². The number of fused-ring (bicyclic) bond motifs is 3. The van der Waals surface area contributed by atoms with Crippen LogP contribution in [-0.2, 0) is 21.6 Å². The van der Waals surface area contributed by atoms with Gasteiger partial charge in [-0.3, -0.25) is 4.90 Å². The molecule has 0 N–H and O–H groups in total. The molecule has 0 aliphatic carbocycles. The molecule has 6 heterocycles. The van der Waals surface area contributed by atoms with E-state index in [0.29, 0.717) is 5.92 Å². The van der Waals surface area contributed by atoms with Gasteiger partial charge < -0.3 is 13.7 Å². The molecule has 2 aromatic heterocycles. The van der Waals surface area contributed by atoms with Crippen molar-refractivity contribution >= 4 is 29.1 Å². The number of nitrogens with zero attached hydrogens (tertiary/aromatic N) is 3. The molecule has 190 valence electrons. The van der Waals surface area contributed by atoms with Crippen LogP contribution < -0.4 is 0 Å². The fraction of sp³-hybridized carbons (Fsp3) is 0.500. The number of hydrogen-bond acceptors (Lipinski definition) is 7. The second kappa shape index (κ2) is 9.97. The first-order chi connectivity index (χ1) is 17.6. The van der Waals surface area contributed by atoms with Crippen LogP contribution in [0.3, 0.4) is 0 Å². The molecule has 4 aliphatic rings. The molecule has 2 atom stereocenters. The summed E-state index contributed by atoms with van der Waals surface area (Å²) in [5, 5.41) is 6.40. The quantitative estimate of drug-likeness (QED) is 0.320. The van der Waals surface area contributed by atoms with Crippen molar-refractivity contribution in [1.29, 1.82) is 0 Å². The van der Waals surface area contributed by atoms with Gasteiger partial charge in [0.2, 0.25) is 0 Å². The van der Waals surface area contributed by atoms with Crippen molar-refractivity contribution in [1.82, 2.24) is 10.1 Å². The Morgan fingerprint density at radius 1 is 1.17 bits per heavy atom. The third-order valence-corrected chi connectivity index (χ3v) is 10.5. The summed E-state index contributed by atoms with van der Waals surface area (Å²) < 4.78 is 13.2. The fourth-order valence-corrected chi connectivity index (χ4v) is 8.05. The Kier molecular flexibility index (Phi) is 6.71. The number of benzene rings is 1. The molecular weight excluding hydrogens is 490 g/mol. The zero-order chi connectivity index (χ0) is 24.6. The van der Waals surface area contributed by atoms with Crippen molar-refractivity contribution in [3.05, 3.63) is 64.5 Å². The summed E-state index contributed by atoms with van der Waals surface area (Å²) in [4.78, 5) is 17.3. The number of ether oxygens (including phenoxy) is 1. The van der Waals surface area contributed by atoms with Crippen molar-refractivity contribution in [2.24, 2.45) is 5.92 Å². The van der Waals surface area contributed by atoms with Crippen LogP contribution in [0.5, 0.6) is 0 Å². The number of esters is 1. The monoisotopic (exact) mass is 524 g/mol. The molecule has 0 saturated carbocycles. The van der Waals surface area contributed by atoms with E-state index in [-0.39, 0.29) is 12.1 Å². The van der Waals surface area contributed by atoms with Gasteiger partial charge in [0.15, 0.2) is 17.4 Å². The topological polar surface area (TPSA) is 55.6 Å². The van der Waals surface area contributed by atoms with Crippen LogP contribution in [-0.4, -0.2) is 70.8 Å². The van der Waals surface area contributed by atoms with Crippen molar-refractivity contribution < 1.29 is 18.5 Å². The highest BCUT2D eigenvalue weighted by atomic mass is 32.2. The summed E-state index contributed by atoms with van der Waals surface area (Å²) in [6, 6.07) is 16.4. The summed E-state index contributed by atoms with van der Waals surface area (Å²) in [7, 11) is 0. The molecule has 0 radical (unpaired) electrons. The van der Waals surface area contributed by atoms with E-state index in [9.17, 15) is 4.79 Å². The van der Waals surface area contributed by atoms with Gasteiger partial charge in [-0.05, 0) is 18.4 Å². The van der Waals surface area contributed by atoms with Gasteiger partial charge in [0, 0.05) is 59.9 Å². The lowest BCUT2D eigenvalue weighted by molar-refractivity contribution is -0.959. The summed E-state index contributed by atoms with van der Waals surface area (Å²) in [5.74, 6) is 3.40. The van der Waals surface area contributed by atoms with Crippen molar-refractivity contribution in [2.75, 3.05) is 44.2 Å². The van der Waals surface area contributed by atoms with Crippen LogP contribution in [0.25, 0.3) is 11.3 Å². The lowest BCUT2D eigenvalue weighted by Gasteiger charge is -2.52. The smallest absolute Gasteiger partial charge is 0.332 e. The molecule has 7 rings (SSSR count). The first-order valence-electron chi connectivity index (χ1n) is 13.0. The van der Waals surface area contributed by atoms with Crippen molar-refractivity contribution in [3.8, 4) is 11.3 Å². The minimum Gasteiger partial charge on any atom is -0.454 e. The van der Waals surface area contributed by atoms with E-state index in [1.54, 1.807) is 11.3 Å². The number of aromatic nitrogens is 1. The lowest BCUT2D eigenvalue weighted by Crippen LogP contribution is -2.64. The first kappa shape index (κ1) is 24.2. The van der Waals surface area contributed by atoms with E-state index in [1.165, 1.54) is 0 Å². The Morgan fingerprint density at radius 3 is 2.67 bits per heavy atom. The van der Waals surface area contributed by atoms with Crippen LogP contribution in [0.15, 0.2) is 58.4 Å². The second-order valence-corrected chi connectivity index (χ2v) is 12.8. The Bertz CT molecular complexity index is 1170. The zero-order valence-electron chi connectivity index (χ0n) is 20.8. The maximum atomic E-state index is 13.9. The molecule has 4 fully saturated rings. The number of carbonyl (C=O) groups excluding carboxylic acids is 1. The number of carbonyl (C=O) groups is 1. The molecule has 0 amide bonds. The Balaban J connectivity index is 1.19. The van der Waals surface area contributed by atoms with E-state index in [2.05, 4.69) is 46.6 Å². The predicted molar refractivity (Wildman–Crippen MR) is 144 cm³/mol. The number of piperidine rings is 3. The lowest BCUT2D eigenvalue weighted by atomic mass is 9.83. The highest BCUT2D eigenvalue weighted by Crippen LogP contribution is 2.40. The summed E-state index contributed by atoms with van der Waals surface area (Å²) in [6.07, 6.45) is 2.14.